The number of benzene rings is 1. The zero-order valence-electron chi connectivity index (χ0n) is 8.77. The summed E-state index contributed by atoms with van der Waals surface area (Å²) < 4.78 is 0. The highest BCUT2D eigenvalue weighted by Gasteiger charge is 2.12. The standard InChI is InChI=1S/C11H12BrCl2NO/c1-7(5-12)6-15-11(16)8-3-2-4-9(13)10(8)14/h2-4,7H,5-6H2,1H3,(H,15,16). The first kappa shape index (κ1) is 13.8. The summed E-state index contributed by atoms with van der Waals surface area (Å²) in [6, 6.07) is 5.02. The first-order valence-corrected chi connectivity index (χ1v) is 6.72. The molecule has 0 saturated heterocycles. The van der Waals surface area contributed by atoms with Crippen molar-refractivity contribution in [1.82, 2.24) is 5.32 Å². The maximum atomic E-state index is 11.8. The van der Waals surface area contributed by atoms with Crippen LogP contribution in [-0.4, -0.2) is 17.8 Å². The summed E-state index contributed by atoms with van der Waals surface area (Å²) in [4.78, 5) is 11.8. The third-order valence-electron chi connectivity index (χ3n) is 2.07. The van der Waals surface area contributed by atoms with Gasteiger partial charge >= 0.3 is 0 Å². The van der Waals surface area contributed by atoms with E-state index in [-0.39, 0.29) is 5.91 Å². The number of alkyl halides is 1. The second-order valence-corrected chi connectivity index (χ2v) is 5.00. The lowest BCUT2D eigenvalue weighted by molar-refractivity contribution is 0.0949. The number of rotatable bonds is 4. The number of carbonyl (C=O) groups is 1. The lowest BCUT2D eigenvalue weighted by Crippen LogP contribution is -2.29. The zero-order chi connectivity index (χ0) is 12.1. The predicted molar refractivity (Wildman–Crippen MR) is 71.8 cm³/mol. The highest BCUT2D eigenvalue weighted by molar-refractivity contribution is 9.09. The minimum atomic E-state index is -0.194. The van der Waals surface area contributed by atoms with Crippen LogP contribution in [0.5, 0.6) is 0 Å². The number of hydrogen-bond donors (Lipinski definition) is 1. The summed E-state index contributed by atoms with van der Waals surface area (Å²) in [5, 5.41) is 4.34. The molecule has 16 heavy (non-hydrogen) atoms. The van der Waals surface area contributed by atoms with Gasteiger partial charge in [-0.15, -0.1) is 0 Å². The van der Waals surface area contributed by atoms with Crippen molar-refractivity contribution in [3.05, 3.63) is 33.8 Å². The molecule has 0 aromatic heterocycles. The van der Waals surface area contributed by atoms with Crippen LogP contribution in [0.2, 0.25) is 10.0 Å². The van der Waals surface area contributed by atoms with Gasteiger partial charge in [-0.3, -0.25) is 4.79 Å². The van der Waals surface area contributed by atoms with E-state index < -0.39 is 0 Å². The molecule has 1 atom stereocenters. The van der Waals surface area contributed by atoms with Gasteiger partial charge in [-0.1, -0.05) is 52.1 Å². The van der Waals surface area contributed by atoms with Crippen molar-refractivity contribution in [2.24, 2.45) is 5.92 Å². The summed E-state index contributed by atoms with van der Waals surface area (Å²) in [5.74, 6) is 0.183. The maximum absolute atomic E-state index is 11.8. The van der Waals surface area contributed by atoms with Gasteiger partial charge in [0.1, 0.15) is 0 Å². The Hall–Kier alpha value is -0.250. The molecule has 88 valence electrons. The minimum absolute atomic E-state index is 0.194. The van der Waals surface area contributed by atoms with E-state index in [9.17, 15) is 4.79 Å². The Labute approximate surface area is 113 Å². The van der Waals surface area contributed by atoms with Crippen LogP contribution in [0, 0.1) is 5.92 Å². The molecule has 2 nitrogen and oxygen atoms in total. The third kappa shape index (κ3) is 3.65. The smallest absolute Gasteiger partial charge is 0.252 e. The molecule has 1 aromatic carbocycles. The molecule has 1 amide bonds. The van der Waals surface area contributed by atoms with E-state index in [1.165, 1.54) is 0 Å². The first-order chi connectivity index (χ1) is 7.56. The molecular formula is C11H12BrCl2NO. The van der Waals surface area contributed by atoms with Gasteiger partial charge < -0.3 is 5.32 Å². The van der Waals surface area contributed by atoms with Crippen LogP contribution in [0.4, 0.5) is 0 Å². The number of nitrogens with one attached hydrogen (secondary N) is 1. The van der Waals surface area contributed by atoms with Crippen molar-refractivity contribution in [2.75, 3.05) is 11.9 Å². The average molecular weight is 325 g/mol. The van der Waals surface area contributed by atoms with Gasteiger partial charge in [0, 0.05) is 11.9 Å². The van der Waals surface area contributed by atoms with Gasteiger partial charge in [-0.2, -0.15) is 0 Å². The molecule has 0 bridgehead atoms. The van der Waals surface area contributed by atoms with Crippen molar-refractivity contribution in [3.8, 4) is 0 Å². The predicted octanol–water partition coefficient (Wildman–Crippen LogP) is 3.75. The van der Waals surface area contributed by atoms with E-state index in [0.717, 1.165) is 5.33 Å². The fraction of sp³-hybridized carbons (Fsp3) is 0.364. The summed E-state index contributed by atoms with van der Waals surface area (Å²) in [6.07, 6.45) is 0. The van der Waals surface area contributed by atoms with E-state index >= 15 is 0 Å². The summed E-state index contributed by atoms with van der Waals surface area (Å²) >= 11 is 15.1. The van der Waals surface area contributed by atoms with Gasteiger partial charge in [0.15, 0.2) is 0 Å². The maximum Gasteiger partial charge on any atom is 0.252 e. The van der Waals surface area contributed by atoms with Crippen LogP contribution in [0.1, 0.15) is 17.3 Å². The Kier molecular flexibility index (Phi) is 5.59. The number of amides is 1. The van der Waals surface area contributed by atoms with E-state index in [0.29, 0.717) is 28.1 Å². The molecule has 1 rings (SSSR count). The summed E-state index contributed by atoms with van der Waals surface area (Å²) in [6.45, 7) is 2.64. The molecule has 0 fully saturated rings. The normalized spacial score (nSPS) is 12.2. The van der Waals surface area contributed by atoms with Crippen molar-refractivity contribution >= 4 is 45.0 Å². The lowest BCUT2D eigenvalue weighted by atomic mass is 10.2. The van der Waals surface area contributed by atoms with Crippen LogP contribution in [0.15, 0.2) is 18.2 Å². The monoisotopic (exact) mass is 323 g/mol. The van der Waals surface area contributed by atoms with Gasteiger partial charge in [0.2, 0.25) is 0 Å². The molecule has 0 aliphatic rings. The first-order valence-electron chi connectivity index (χ1n) is 4.84. The quantitative estimate of drug-likeness (QED) is 0.839. The van der Waals surface area contributed by atoms with E-state index in [2.05, 4.69) is 21.2 Å². The Morgan fingerprint density at radius 3 is 2.81 bits per heavy atom. The SMILES string of the molecule is CC(CBr)CNC(=O)c1cccc(Cl)c1Cl. The average Bonchev–Trinajstić information content (AvgIpc) is 2.29. The molecule has 1 aromatic rings. The van der Waals surface area contributed by atoms with Gasteiger partial charge in [-0.25, -0.2) is 0 Å². The molecule has 1 N–H and O–H groups in total. The molecule has 5 heteroatoms. The highest BCUT2D eigenvalue weighted by atomic mass is 79.9. The van der Waals surface area contributed by atoms with E-state index in [4.69, 9.17) is 23.2 Å². The Morgan fingerprint density at radius 1 is 1.50 bits per heavy atom. The molecule has 0 aliphatic carbocycles. The summed E-state index contributed by atoms with van der Waals surface area (Å²) in [5.41, 5.74) is 0.413. The Morgan fingerprint density at radius 2 is 2.19 bits per heavy atom. The molecule has 0 heterocycles. The molecular weight excluding hydrogens is 313 g/mol. The van der Waals surface area contributed by atoms with Gasteiger partial charge in [0.25, 0.3) is 5.91 Å². The van der Waals surface area contributed by atoms with E-state index in [1.54, 1.807) is 18.2 Å². The van der Waals surface area contributed by atoms with Gasteiger partial charge in [-0.05, 0) is 18.1 Å². The van der Waals surface area contributed by atoms with Crippen LogP contribution < -0.4 is 5.32 Å². The molecule has 1 unspecified atom stereocenters. The fourth-order valence-corrected chi connectivity index (χ4v) is 1.71. The van der Waals surface area contributed by atoms with Crippen molar-refractivity contribution < 1.29 is 4.79 Å². The van der Waals surface area contributed by atoms with Crippen molar-refractivity contribution in [3.63, 3.8) is 0 Å². The third-order valence-corrected chi connectivity index (χ3v) is 3.99. The van der Waals surface area contributed by atoms with Crippen molar-refractivity contribution in [1.29, 1.82) is 0 Å². The fourth-order valence-electron chi connectivity index (χ4n) is 1.10. The zero-order valence-corrected chi connectivity index (χ0v) is 11.9. The molecule has 0 saturated carbocycles. The molecule has 0 aliphatic heterocycles. The second-order valence-electron chi connectivity index (χ2n) is 3.57. The molecule has 0 spiro atoms. The minimum Gasteiger partial charge on any atom is -0.352 e. The Bertz CT molecular complexity index is 384. The largest absolute Gasteiger partial charge is 0.352 e. The van der Waals surface area contributed by atoms with Crippen LogP contribution in [0.25, 0.3) is 0 Å². The van der Waals surface area contributed by atoms with Crippen LogP contribution in [-0.2, 0) is 0 Å². The number of carbonyl (C=O) groups excluding carboxylic acids is 1. The number of hydrogen-bond acceptors (Lipinski definition) is 1. The van der Waals surface area contributed by atoms with E-state index in [1.807, 2.05) is 6.92 Å². The topological polar surface area (TPSA) is 29.1 Å². The Balaban J connectivity index is 2.70. The second kappa shape index (κ2) is 6.48. The lowest BCUT2D eigenvalue weighted by Gasteiger charge is -2.10. The van der Waals surface area contributed by atoms with Gasteiger partial charge in [0.05, 0.1) is 15.6 Å². The van der Waals surface area contributed by atoms with Crippen LogP contribution >= 0.6 is 39.1 Å². The van der Waals surface area contributed by atoms with Crippen LogP contribution in [0.3, 0.4) is 0 Å². The summed E-state index contributed by atoms with van der Waals surface area (Å²) in [7, 11) is 0. The molecule has 0 radical (unpaired) electrons. The highest BCUT2D eigenvalue weighted by Crippen LogP contribution is 2.25. The van der Waals surface area contributed by atoms with Crippen molar-refractivity contribution in [2.45, 2.75) is 6.92 Å². The number of halogens is 3.